The average Bonchev–Trinajstić information content (AvgIpc) is 3.01. The molecule has 0 atom stereocenters. The van der Waals surface area contributed by atoms with Crippen molar-refractivity contribution in [3.8, 4) is 23.0 Å². The van der Waals surface area contributed by atoms with Gasteiger partial charge in [0.05, 0.1) is 38.1 Å². The largest absolute Gasteiger partial charge is 0.493 e. The van der Waals surface area contributed by atoms with E-state index in [-0.39, 0.29) is 27.5 Å². The summed E-state index contributed by atoms with van der Waals surface area (Å²) in [5.74, 6) is -0.537. The number of hydrogen-bond donors (Lipinski definition) is 2. The van der Waals surface area contributed by atoms with Gasteiger partial charge < -0.3 is 24.3 Å². The van der Waals surface area contributed by atoms with Crippen LogP contribution >= 0.6 is 39.1 Å². The third-order valence-electron chi connectivity index (χ3n) is 6.00. The van der Waals surface area contributed by atoms with E-state index in [1.54, 1.807) is 36.4 Å². The van der Waals surface area contributed by atoms with E-state index in [2.05, 4.69) is 31.8 Å². The molecule has 44 heavy (non-hydrogen) atoms. The summed E-state index contributed by atoms with van der Waals surface area (Å²) in [5.41, 5.74) is 3.79. The molecular weight excluding hydrogens is 677 g/mol. The van der Waals surface area contributed by atoms with Gasteiger partial charge >= 0.3 is 5.97 Å². The summed E-state index contributed by atoms with van der Waals surface area (Å²) in [7, 11) is 4.36. The zero-order chi connectivity index (χ0) is 31.8. The van der Waals surface area contributed by atoms with E-state index < -0.39 is 17.8 Å². The van der Waals surface area contributed by atoms with E-state index in [1.807, 2.05) is 0 Å². The molecule has 226 valence electrons. The van der Waals surface area contributed by atoms with Gasteiger partial charge in [-0.3, -0.25) is 9.59 Å². The number of methoxy groups -OCH3 is 3. The van der Waals surface area contributed by atoms with Crippen molar-refractivity contribution in [3.05, 3.63) is 110 Å². The Morgan fingerprint density at radius 3 is 2.18 bits per heavy atom. The lowest BCUT2D eigenvalue weighted by atomic mass is 10.1. The molecule has 13 heteroatoms. The number of amides is 2. The summed E-state index contributed by atoms with van der Waals surface area (Å²) in [4.78, 5) is 38.6. The number of carbonyl (C=O) groups excluding carboxylic acids is 3. The van der Waals surface area contributed by atoms with Crippen molar-refractivity contribution in [2.45, 2.75) is 0 Å². The van der Waals surface area contributed by atoms with E-state index in [0.29, 0.717) is 38.0 Å². The average molecular weight is 701 g/mol. The number of esters is 1. The first-order chi connectivity index (χ1) is 21.1. The number of carbonyl (C=O) groups is 3. The summed E-state index contributed by atoms with van der Waals surface area (Å²) in [6, 6.07) is 18.6. The van der Waals surface area contributed by atoms with Crippen LogP contribution in [0.3, 0.4) is 0 Å². The number of ether oxygens (including phenoxy) is 4. The molecule has 0 radical (unpaired) electrons. The molecule has 4 aromatic carbocycles. The minimum Gasteiger partial charge on any atom is -0.493 e. The van der Waals surface area contributed by atoms with E-state index in [0.717, 1.165) is 0 Å². The molecule has 0 aliphatic heterocycles. The molecule has 10 nitrogen and oxygen atoms in total. The van der Waals surface area contributed by atoms with Crippen LogP contribution in [0.2, 0.25) is 10.0 Å². The first-order valence-electron chi connectivity index (χ1n) is 12.6. The van der Waals surface area contributed by atoms with Crippen molar-refractivity contribution >= 4 is 68.8 Å². The predicted molar refractivity (Wildman–Crippen MR) is 171 cm³/mol. The van der Waals surface area contributed by atoms with Gasteiger partial charge in [0.1, 0.15) is 5.75 Å². The number of nitrogens with one attached hydrogen (secondary N) is 2. The lowest BCUT2D eigenvalue weighted by Crippen LogP contribution is -2.18. The number of benzene rings is 4. The Kier molecular flexibility index (Phi) is 10.8. The monoisotopic (exact) mass is 699 g/mol. The van der Waals surface area contributed by atoms with Gasteiger partial charge in [-0.2, -0.15) is 5.10 Å². The Bertz CT molecular complexity index is 1740. The van der Waals surface area contributed by atoms with Crippen molar-refractivity contribution in [2.24, 2.45) is 5.10 Å². The molecule has 0 saturated carbocycles. The summed E-state index contributed by atoms with van der Waals surface area (Å²) in [5, 5.41) is 7.28. The molecule has 0 aliphatic rings. The maximum Gasteiger partial charge on any atom is 0.345 e. The Hall–Kier alpha value is -4.58. The second-order valence-electron chi connectivity index (χ2n) is 8.84. The molecule has 0 bridgehead atoms. The zero-order valence-corrected chi connectivity index (χ0v) is 26.5. The lowest BCUT2D eigenvalue weighted by Gasteiger charge is -2.14. The Morgan fingerprint density at radius 1 is 0.795 bits per heavy atom. The second kappa shape index (κ2) is 14.7. The SMILES string of the molecule is COc1cc(C(=O)Nc2cccc(C(=O)NN=Cc3cc(Br)ccc3OC(=O)c3ccc(Cl)cc3Cl)c2)cc(OC)c1OC. The van der Waals surface area contributed by atoms with Gasteiger partial charge in [-0.25, -0.2) is 10.2 Å². The molecule has 0 unspecified atom stereocenters. The van der Waals surface area contributed by atoms with Crippen LogP contribution in [-0.2, 0) is 0 Å². The fourth-order valence-corrected chi connectivity index (χ4v) is 4.77. The smallest absolute Gasteiger partial charge is 0.345 e. The molecule has 0 fully saturated rings. The number of halogens is 3. The van der Waals surface area contributed by atoms with Gasteiger partial charge in [0.2, 0.25) is 5.75 Å². The van der Waals surface area contributed by atoms with Crippen molar-refractivity contribution in [2.75, 3.05) is 26.6 Å². The highest BCUT2D eigenvalue weighted by molar-refractivity contribution is 9.10. The van der Waals surface area contributed by atoms with Gasteiger partial charge in [-0.15, -0.1) is 0 Å². The minimum absolute atomic E-state index is 0.132. The predicted octanol–water partition coefficient (Wildman–Crippen LogP) is 7.02. The number of anilines is 1. The number of hydrazone groups is 1. The molecule has 4 aromatic rings. The van der Waals surface area contributed by atoms with Crippen LogP contribution in [0.5, 0.6) is 23.0 Å². The Labute approximate surface area is 271 Å². The first-order valence-corrected chi connectivity index (χ1v) is 14.2. The van der Waals surface area contributed by atoms with E-state index in [1.165, 1.54) is 63.9 Å². The van der Waals surface area contributed by atoms with Gasteiger partial charge in [0.25, 0.3) is 11.8 Å². The van der Waals surface area contributed by atoms with Crippen LogP contribution in [0.1, 0.15) is 36.6 Å². The van der Waals surface area contributed by atoms with Gasteiger partial charge in [0, 0.05) is 31.9 Å². The third-order valence-corrected chi connectivity index (χ3v) is 7.05. The quantitative estimate of drug-likeness (QED) is 0.0789. The standard InChI is InChI=1S/C31H24BrCl2N3O7/c1-41-26-13-18(14-27(42-2)28(26)43-3)29(38)36-22-6-4-5-17(12-22)30(39)37-35-16-19-11-20(32)7-10-25(19)44-31(40)23-9-8-21(33)15-24(23)34/h4-16H,1-3H3,(H,36,38)(H,37,39). The number of rotatable bonds is 10. The highest BCUT2D eigenvalue weighted by atomic mass is 79.9. The summed E-state index contributed by atoms with van der Waals surface area (Å²) >= 11 is 15.4. The fraction of sp³-hybridized carbons (Fsp3) is 0.0968. The molecule has 2 amide bonds. The zero-order valence-electron chi connectivity index (χ0n) is 23.4. The van der Waals surface area contributed by atoms with Crippen molar-refractivity contribution in [1.82, 2.24) is 5.43 Å². The summed E-state index contributed by atoms with van der Waals surface area (Å²) in [6.45, 7) is 0. The van der Waals surface area contributed by atoms with E-state index in [4.69, 9.17) is 42.1 Å². The van der Waals surface area contributed by atoms with E-state index >= 15 is 0 Å². The lowest BCUT2D eigenvalue weighted by molar-refractivity contribution is 0.0734. The van der Waals surface area contributed by atoms with Crippen molar-refractivity contribution in [1.29, 1.82) is 0 Å². The van der Waals surface area contributed by atoms with Gasteiger partial charge in [-0.1, -0.05) is 45.2 Å². The molecule has 2 N–H and O–H groups in total. The second-order valence-corrected chi connectivity index (χ2v) is 10.6. The van der Waals surface area contributed by atoms with Crippen LogP contribution in [0.15, 0.2) is 82.4 Å². The maximum absolute atomic E-state index is 13.0. The first kappa shape index (κ1) is 32.3. The van der Waals surface area contributed by atoms with Crippen molar-refractivity contribution < 1.29 is 33.3 Å². The Morgan fingerprint density at radius 2 is 1.52 bits per heavy atom. The molecule has 4 rings (SSSR count). The molecule has 0 aromatic heterocycles. The van der Waals surface area contributed by atoms with Crippen LogP contribution in [0, 0.1) is 0 Å². The highest BCUT2D eigenvalue weighted by Gasteiger charge is 2.18. The number of hydrogen-bond acceptors (Lipinski definition) is 8. The maximum atomic E-state index is 13.0. The molecule has 0 heterocycles. The Balaban J connectivity index is 1.46. The minimum atomic E-state index is -0.696. The highest BCUT2D eigenvalue weighted by Crippen LogP contribution is 2.38. The molecule has 0 aliphatic carbocycles. The third kappa shape index (κ3) is 7.87. The van der Waals surface area contributed by atoms with Crippen LogP contribution in [-0.4, -0.2) is 45.3 Å². The molecule has 0 spiro atoms. The van der Waals surface area contributed by atoms with Crippen LogP contribution in [0.4, 0.5) is 5.69 Å². The van der Waals surface area contributed by atoms with Crippen molar-refractivity contribution in [3.63, 3.8) is 0 Å². The topological polar surface area (TPSA) is 125 Å². The summed E-state index contributed by atoms with van der Waals surface area (Å²) in [6.07, 6.45) is 1.32. The normalized spacial score (nSPS) is 10.7. The van der Waals surface area contributed by atoms with Crippen LogP contribution in [0.25, 0.3) is 0 Å². The van der Waals surface area contributed by atoms with E-state index in [9.17, 15) is 14.4 Å². The summed E-state index contributed by atoms with van der Waals surface area (Å²) < 4.78 is 22.1. The number of nitrogens with zero attached hydrogens (tertiary/aromatic N) is 1. The fourth-order valence-electron chi connectivity index (χ4n) is 3.90. The molecular formula is C31H24BrCl2N3O7. The van der Waals surface area contributed by atoms with Gasteiger partial charge in [-0.05, 0) is 66.7 Å². The van der Waals surface area contributed by atoms with Gasteiger partial charge in [0.15, 0.2) is 11.5 Å². The molecule has 0 saturated heterocycles. The van der Waals surface area contributed by atoms with Crippen LogP contribution < -0.4 is 29.7 Å².